The van der Waals surface area contributed by atoms with E-state index in [-0.39, 0.29) is 17.5 Å². The number of aromatic nitrogens is 2. The predicted molar refractivity (Wildman–Crippen MR) is 109 cm³/mol. The maximum absolute atomic E-state index is 14.4. The van der Waals surface area contributed by atoms with Gasteiger partial charge in [0.25, 0.3) is 0 Å². The molecule has 0 atom stereocenters. The number of anilines is 1. The summed E-state index contributed by atoms with van der Waals surface area (Å²) in [5.41, 5.74) is 2.15. The van der Waals surface area contributed by atoms with Crippen LogP contribution in [0, 0.1) is 5.82 Å². The van der Waals surface area contributed by atoms with E-state index in [0.717, 1.165) is 16.0 Å². The average molecular weight is 414 g/mol. The zero-order valence-electron chi connectivity index (χ0n) is 14.6. The predicted octanol–water partition coefficient (Wildman–Crippen LogP) is 5.90. The summed E-state index contributed by atoms with van der Waals surface area (Å²) in [6.07, 6.45) is 1.38. The molecule has 4 aromatic rings. The van der Waals surface area contributed by atoms with E-state index < -0.39 is 5.82 Å². The molecule has 0 aliphatic carbocycles. The van der Waals surface area contributed by atoms with Crippen LogP contribution < -0.4 is 10.1 Å². The highest BCUT2D eigenvalue weighted by Crippen LogP contribution is 2.39. The second-order valence-electron chi connectivity index (χ2n) is 5.94. The summed E-state index contributed by atoms with van der Waals surface area (Å²) in [7, 11) is 0. The molecule has 28 heavy (non-hydrogen) atoms. The zero-order valence-corrected chi connectivity index (χ0v) is 16.1. The fraction of sp³-hybridized carbons (Fsp3) is 0.0500. The minimum absolute atomic E-state index is 0.00218. The third-order valence-corrected chi connectivity index (χ3v) is 5.09. The molecule has 2 aromatic carbocycles. The van der Waals surface area contributed by atoms with E-state index in [1.54, 1.807) is 18.2 Å². The molecule has 0 saturated carbocycles. The van der Waals surface area contributed by atoms with E-state index in [2.05, 4.69) is 15.3 Å². The zero-order chi connectivity index (χ0) is 19.7. The van der Waals surface area contributed by atoms with Gasteiger partial charge in [-0.05, 0) is 29.8 Å². The fourth-order valence-corrected chi connectivity index (χ4v) is 3.77. The highest BCUT2D eigenvalue weighted by Gasteiger charge is 2.16. The van der Waals surface area contributed by atoms with E-state index in [4.69, 9.17) is 16.3 Å². The van der Waals surface area contributed by atoms with Gasteiger partial charge in [0.15, 0.2) is 11.6 Å². The van der Waals surface area contributed by atoms with Gasteiger partial charge >= 0.3 is 0 Å². The number of hydrogen-bond acceptors (Lipinski definition) is 5. The van der Waals surface area contributed by atoms with Crippen LogP contribution in [0.3, 0.4) is 0 Å². The number of amides is 1. The van der Waals surface area contributed by atoms with Crippen molar-refractivity contribution in [3.63, 3.8) is 0 Å². The molecule has 0 aliphatic heterocycles. The van der Waals surface area contributed by atoms with E-state index in [1.165, 1.54) is 36.7 Å². The number of fused-ring (bicyclic) bond motifs is 1. The van der Waals surface area contributed by atoms with Gasteiger partial charge in [0.05, 0.1) is 5.39 Å². The van der Waals surface area contributed by atoms with Crippen molar-refractivity contribution in [3.8, 4) is 22.8 Å². The molecule has 1 N–H and O–H groups in total. The van der Waals surface area contributed by atoms with Crippen LogP contribution in [0.5, 0.6) is 11.6 Å². The number of nitrogens with zero attached hydrogens (tertiary/aromatic N) is 2. The third-order valence-electron chi connectivity index (χ3n) is 3.95. The molecule has 2 heterocycles. The summed E-state index contributed by atoms with van der Waals surface area (Å²) in [4.78, 5) is 20.3. The summed E-state index contributed by atoms with van der Waals surface area (Å²) < 4.78 is 20.2. The molecular formula is C20H13ClFN3O2S. The van der Waals surface area contributed by atoms with Crippen LogP contribution in [0.1, 0.15) is 6.92 Å². The SMILES string of the molecule is CC(=O)Nc1ccc(Oc2ncnc3scc(-c4ccc(Cl)cc4)c23)c(F)c1. The Kier molecular flexibility index (Phi) is 4.93. The fourth-order valence-electron chi connectivity index (χ4n) is 2.74. The van der Waals surface area contributed by atoms with Crippen molar-refractivity contribution in [1.29, 1.82) is 0 Å². The topological polar surface area (TPSA) is 64.1 Å². The lowest BCUT2D eigenvalue weighted by molar-refractivity contribution is -0.114. The minimum atomic E-state index is -0.610. The van der Waals surface area contributed by atoms with Crippen molar-refractivity contribution in [1.82, 2.24) is 9.97 Å². The Bertz CT molecular complexity index is 1180. The number of nitrogens with one attached hydrogen (secondary N) is 1. The first kappa shape index (κ1) is 18.3. The quantitative estimate of drug-likeness (QED) is 0.452. The van der Waals surface area contributed by atoms with Crippen molar-refractivity contribution in [2.24, 2.45) is 0 Å². The van der Waals surface area contributed by atoms with Crippen LogP contribution in [0.25, 0.3) is 21.3 Å². The first-order valence-electron chi connectivity index (χ1n) is 8.24. The van der Waals surface area contributed by atoms with Crippen molar-refractivity contribution in [2.45, 2.75) is 6.92 Å². The molecule has 4 rings (SSSR count). The Morgan fingerprint density at radius 1 is 1.18 bits per heavy atom. The Morgan fingerprint density at radius 3 is 2.68 bits per heavy atom. The number of hydrogen-bond donors (Lipinski definition) is 1. The number of halogens is 2. The largest absolute Gasteiger partial charge is 0.435 e. The second kappa shape index (κ2) is 7.53. The van der Waals surface area contributed by atoms with E-state index in [1.807, 2.05) is 17.5 Å². The van der Waals surface area contributed by atoms with Crippen LogP contribution in [-0.2, 0) is 4.79 Å². The van der Waals surface area contributed by atoms with Gasteiger partial charge in [-0.15, -0.1) is 11.3 Å². The van der Waals surface area contributed by atoms with Gasteiger partial charge in [0.2, 0.25) is 11.8 Å². The van der Waals surface area contributed by atoms with Crippen LogP contribution in [0.4, 0.5) is 10.1 Å². The third kappa shape index (κ3) is 3.67. The molecule has 0 unspecified atom stereocenters. The molecular weight excluding hydrogens is 401 g/mol. The lowest BCUT2D eigenvalue weighted by Gasteiger charge is -2.10. The van der Waals surface area contributed by atoms with E-state index in [9.17, 15) is 9.18 Å². The van der Waals surface area contributed by atoms with Crippen molar-refractivity contribution in [2.75, 3.05) is 5.32 Å². The number of rotatable bonds is 4. The smallest absolute Gasteiger partial charge is 0.231 e. The van der Waals surface area contributed by atoms with Gasteiger partial charge in [0.1, 0.15) is 11.2 Å². The standard InChI is InChI=1S/C20H13ClFN3O2S/c1-11(26)25-14-6-7-17(16(22)8-14)27-19-18-15(9-28-20(18)24-10-23-19)12-2-4-13(21)5-3-12/h2-10H,1H3,(H,25,26). The number of thiophene rings is 1. The van der Waals surface area contributed by atoms with Gasteiger partial charge in [-0.3, -0.25) is 4.79 Å². The molecule has 1 amide bonds. The highest BCUT2D eigenvalue weighted by molar-refractivity contribution is 7.17. The molecule has 0 radical (unpaired) electrons. The Hall–Kier alpha value is -3.03. The Morgan fingerprint density at radius 2 is 1.96 bits per heavy atom. The minimum Gasteiger partial charge on any atom is -0.435 e. The molecule has 8 heteroatoms. The van der Waals surface area contributed by atoms with Crippen LogP contribution in [-0.4, -0.2) is 15.9 Å². The molecule has 0 spiro atoms. The molecule has 0 fully saturated rings. The van der Waals surface area contributed by atoms with Gasteiger partial charge in [-0.25, -0.2) is 14.4 Å². The number of carbonyl (C=O) groups is 1. The lowest BCUT2D eigenvalue weighted by atomic mass is 10.1. The van der Waals surface area contributed by atoms with Crippen LogP contribution in [0.15, 0.2) is 54.2 Å². The molecule has 0 bridgehead atoms. The highest BCUT2D eigenvalue weighted by atomic mass is 35.5. The summed E-state index contributed by atoms with van der Waals surface area (Å²) in [6.45, 7) is 1.36. The van der Waals surface area contributed by atoms with Crippen molar-refractivity contribution < 1.29 is 13.9 Å². The normalized spacial score (nSPS) is 10.8. The monoisotopic (exact) mass is 413 g/mol. The molecule has 5 nitrogen and oxygen atoms in total. The number of ether oxygens (including phenoxy) is 1. The Balaban J connectivity index is 1.74. The van der Waals surface area contributed by atoms with E-state index >= 15 is 0 Å². The summed E-state index contributed by atoms with van der Waals surface area (Å²) in [5, 5.41) is 5.81. The lowest BCUT2D eigenvalue weighted by Crippen LogP contribution is -2.06. The van der Waals surface area contributed by atoms with E-state index in [0.29, 0.717) is 16.1 Å². The van der Waals surface area contributed by atoms with Gasteiger partial charge < -0.3 is 10.1 Å². The molecule has 140 valence electrons. The summed E-state index contributed by atoms with van der Waals surface area (Å²) in [5.74, 6) is -0.637. The van der Waals surface area contributed by atoms with Crippen LogP contribution >= 0.6 is 22.9 Å². The molecule has 0 saturated heterocycles. The summed E-state index contributed by atoms with van der Waals surface area (Å²) >= 11 is 7.42. The van der Waals surface area contributed by atoms with Gasteiger partial charge in [-0.2, -0.15) is 0 Å². The summed E-state index contributed by atoms with van der Waals surface area (Å²) in [6, 6.07) is 11.6. The average Bonchev–Trinajstić information content (AvgIpc) is 3.09. The Labute approximate surface area is 168 Å². The number of benzene rings is 2. The maximum atomic E-state index is 14.4. The second-order valence-corrected chi connectivity index (χ2v) is 7.24. The first-order chi connectivity index (χ1) is 13.5. The molecule has 0 aliphatic rings. The first-order valence-corrected chi connectivity index (χ1v) is 9.50. The van der Waals surface area contributed by atoms with Crippen LogP contribution in [0.2, 0.25) is 5.02 Å². The van der Waals surface area contributed by atoms with Gasteiger partial charge in [-0.1, -0.05) is 23.7 Å². The van der Waals surface area contributed by atoms with Crippen molar-refractivity contribution >= 4 is 44.7 Å². The number of carbonyl (C=O) groups excluding carboxylic acids is 1. The van der Waals surface area contributed by atoms with Crippen molar-refractivity contribution in [3.05, 3.63) is 65.0 Å². The molecule has 2 aromatic heterocycles. The maximum Gasteiger partial charge on any atom is 0.231 e. The van der Waals surface area contributed by atoms with Gasteiger partial charge in [0, 0.05) is 34.6 Å².